The van der Waals surface area contributed by atoms with Crippen LogP contribution in [0.3, 0.4) is 0 Å². The lowest BCUT2D eigenvalue weighted by Crippen LogP contribution is -2.51. The first-order chi connectivity index (χ1) is 18.7. The Morgan fingerprint density at radius 3 is 2.21 bits per heavy atom. The molecule has 1 aliphatic carbocycles. The fraction of sp³-hybridized carbons (Fsp3) is 0.438. The van der Waals surface area contributed by atoms with Gasteiger partial charge in [-0.25, -0.2) is 0 Å². The van der Waals surface area contributed by atoms with E-state index in [0.29, 0.717) is 25.8 Å². The highest BCUT2D eigenvalue weighted by atomic mass is 16.2. The van der Waals surface area contributed by atoms with E-state index in [0.717, 1.165) is 16.7 Å². The number of benzene rings is 2. The molecule has 1 heterocycles. The highest BCUT2D eigenvalue weighted by molar-refractivity contribution is 6.05. The van der Waals surface area contributed by atoms with Crippen molar-refractivity contribution in [2.24, 2.45) is 17.8 Å². The molecule has 2 aliphatic rings. The SMILES string of the molecule is Cc1cccc(CN(C(=O)CCN2C(=O)[C@H]3CC=CC[C@H]3C2=O)[C@@H](Cc2ccccc2)C(=O)NCC(C)C)c1. The number of amides is 4. The Morgan fingerprint density at radius 2 is 1.59 bits per heavy atom. The fourth-order valence-corrected chi connectivity index (χ4v) is 5.42. The highest BCUT2D eigenvalue weighted by Crippen LogP contribution is 2.35. The molecule has 1 saturated heterocycles. The monoisotopic (exact) mass is 529 g/mol. The van der Waals surface area contributed by atoms with Crippen molar-refractivity contribution in [1.29, 1.82) is 0 Å². The van der Waals surface area contributed by atoms with E-state index in [2.05, 4.69) is 5.32 Å². The van der Waals surface area contributed by atoms with E-state index in [-0.39, 0.29) is 60.9 Å². The number of allylic oxidation sites excluding steroid dienone is 2. The summed E-state index contributed by atoms with van der Waals surface area (Å²) < 4.78 is 0. The number of rotatable bonds is 11. The van der Waals surface area contributed by atoms with Crippen molar-refractivity contribution in [3.05, 3.63) is 83.4 Å². The summed E-state index contributed by atoms with van der Waals surface area (Å²) >= 11 is 0. The zero-order chi connectivity index (χ0) is 27.9. The van der Waals surface area contributed by atoms with E-state index in [1.807, 2.05) is 87.5 Å². The second kappa shape index (κ2) is 12.9. The number of hydrogen-bond acceptors (Lipinski definition) is 4. The molecule has 0 aromatic heterocycles. The van der Waals surface area contributed by atoms with Crippen LogP contribution in [0.5, 0.6) is 0 Å². The molecule has 0 unspecified atom stereocenters. The molecule has 1 N–H and O–H groups in total. The summed E-state index contributed by atoms with van der Waals surface area (Å²) in [5.41, 5.74) is 2.93. The van der Waals surface area contributed by atoms with Gasteiger partial charge in [-0.3, -0.25) is 24.1 Å². The Bertz CT molecular complexity index is 1200. The summed E-state index contributed by atoms with van der Waals surface area (Å²) in [5, 5.41) is 3.02. The predicted molar refractivity (Wildman–Crippen MR) is 150 cm³/mol. The van der Waals surface area contributed by atoms with Crippen LogP contribution in [-0.2, 0) is 32.1 Å². The van der Waals surface area contributed by atoms with Crippen molar-refractivity contribution in [3.8, 4) is 0 Å². The van der Waals surface area contributed by atoms with E-state index in [1.165, 1.54) is 4.90 Å². The van der Waals surface area contributed by atoms with E-state index >= 15 is 0 Å². The van der Waals surface area contributed by atoms with Crippen LogP contribution in [0, 0.1) is 24.7 Å². The van der Waals surface area contributed by atoms with Crippen molar-refractivity contribution in [2.75, 3.05) is 13.1 Å². The molecule has 2 aromatic carbocycles. The number of imide groups is 1. The normalized spacial score (nSPS) is 19.2. The van der Waals surface area contributed by atoms with Crippen molar-refractivity contribution >= 4 is 23.6 Å². The van der Waals surface area contributed by atoms with Gasteiger partial charge in [-0.2, -0.15) is 0 Å². The molecule has 206 valence electrons. The summed E-state index contributed by atoms with van der Waals surface area (Å²) in [7, 11) is 0. The van der Waals surface area contributed by atoms with Gasteiger partial charge >= 0.3 is 0 Å². The van der Waals surface area contributed by atoms with Crippen LogP contribution < -0.4 is 5.32 Å². The maximum absolute atomic E-state index is 13.9. The van der Waals surface area contributed by atoms with Crippen molar-refractivity contribution in [3.63, 3.8) is 0 Å². The van der Waals surface area contributed by atoms with E-state index in [9.17, 15) is 19.2 Å². The maximum Gasteiger partial charge on any atom is 0.243 e. The zero-order valence-electron chi connectivity index (χ0n) is 23.1. The number of hydrogen-bond donors (Lipinski definition) is 1. The number of nitrogens with one attached hydrogen (secondary N) is 1. The Balaban J connectivity index is 1.58. The molecule has 1 fully saturated rings. The topological polar surface area (TPSA) is 86.8 Å². The van der Waals surface area contributed by atoms with Gasteiger partial charge in [-0.15, -0.1) is 0 Å². The molecule has 1 aliphatic heterocycles. The molecule has 2 aromatic rings. The predicted octanol–water partition coefficient (Wildman–Crippen LogP) is 4.05. The fourth-order valence-electron chi connectivity index (χ4n) is 5.42. The van der Waals surface area contributed by atoms with Gasteiger partial charge in [0.25, 0.3) is 0 Å². The quantitative estimate of drug-likeness (QED) is 0.352. The Morgan fingerprint density at radius 1 is 0.949 bits per heavy atom. The summed E-state index contributed by atoms with van der Waals surface area (Å²) in [5.74, 6) is -1.24. The lowest BCUT2D eigenvalue weighted by Gasteiger charge is -2.32. The highest BCUT2D eigenvalue weighted by Gasteiger charge is 2.47. The number of carbonyl (C=O) groups is 4. The molecule has 3 atom stereocenters. The van der Waals surface area contributed by atoms with Gasteiger partial charge in [-0.1, -0.05) is 86.2 Å². The number of likely N-dealkylation sites (tertiary alicyclic amines) is 1. The minimum absolute atomic E-state index is 0.0273. The average molecular weight is 530 g/mol. The first-order valence-corrected chi connectivity index (χ1v) is 13.9. The van der Waals surface area contributed by atoms with E-state index in [1.54, 1.807) is 4.90 Å². The van der Waals surface area contributed by atoms with Gasteiger partial charge in [0.1, 0.15) is 6.04 Å². The number of carbonyl (C=O) groups excluding carboxylic acids is 4. The van der Waals surface area contributed by atoms with Gasteiger partial charge in [0.2, 0.25) is 23.6 Å². The molecule has 4 rings (SSSR count). The third kappa shape index (κ3) is 7.02. The van der Waals surface area contributed by atoms with Crippen LogP contribution in [-0.4, -0.2) is 52.6 Å². The molecular formula is C32H39N3O4. The smallest absolute Gasteiger partial charge is 0.243 e. The van der Waals surface area contributed by atoms with E-state index < -0.39 is 6.04 Å². The molecule has 7 heteroatoms. The summed E-state index contributed by atoms with van der Waals surface area (Å²) in [6, 6.07) is 16.8. The Kier molecular flexibility index (Phi) is 9.33. The summed E-state index contributed by atoms with van der Waals surface area (Å²) in [4.78, 5) is 56.3. The third-order valence-corrected chi connectivity index (χ3v) is 7.54. The zero-order valence-corrected chi connectivity index (χ0v) is 23.1. The Labute approximate surface area is 231 Å². The largest absolute Gasteiger partial charge is 0.354 e. The van der Waals surface area contributed by atoms with Crippen LogP contribution in [0.2, 0.25) is 0 Å². The third-order valence-electron chi connectivity index (χ3n) is 7.54. The second-order valence-corrected chi connectivity index (χ2v) is 11.1. The van der Waals surface area contributed by atoms with Crippen LogP contribution in [0.25, 0.3) is 0 Å². The molecular weight excluding hydrogens is 490 g/mol. The minimum atomic E-state index is -0.740. The van der Waals surface area contributed by atoms with Crippen LogP contribution in [0.15, 0.2) is 66.7 Å². The average Bonchev–Trinajstić information content (AvgIpc) is 3.17. The van der Waals surface area contributed by atoms with Crippen LogP contribution in [0.4, 0.5) is 0 Å². The standard InChI is InChI=1S/C32H39N3O4/c1-22(2)20-33-30(37)28(19-24-11-5-4-6-12-24)35(21-25-13-9-10-23(3)18-25)29(36)16-17-34-31(38)26-14-7-8-15-27(26)32(34)39/h4-13,18,22,26-28H,14-17,19-21H2,1-3H3,(H,33,37)/t26-,27+,28-/m0/s1. The van der Waals surface area contributed by atoms with Gasteiger partial charge in [0.05, 0.1) is 11.8 Å². The maximum atomic E-state index is 13.9. The van der Waals surface area contributed by atoms with Crippen molar-refractivity contribution in [2.45, 2.75) is 59.0 Å². The van der Waals surface area contributed by atoms with E-state index in [4.69, 9.17) is 0 Å². The molecule has 0 spiro atoms. The molecule has 4 amide bonds. The summed E-state index contributed by atoms with van der Waals surface area (Å²) in [6.07, 6.45) is 5.37. The van der Waals surface area contributed by atoms with Gasteiger partial charge < -0.3 is 10.2 Å². The molecule has 0 radical (unpaired) electrons. The number of aryl methyl sites for hydroxylation is 1. The summed E-state index contributed by atoms with van der Waals surface area (Å²) in [6.45, 7) is 6.83. The molecule has 0 saturated carbocycles. The minimum Gasteiger partial charge on any atom is -0.354 e. The van der Waals surface area contributed by atoms with Gasteiger partial charge in [0.15, 0.2) is 0 Å². The van der Waals surface area contributed by atoms with Crippen molar-refractivity contribution < 1.29 is 19.2 Å². The molecule has 7 nitrogen and oxygen atoms in total. The lowest BCUT2D eigenvalue weighted by atomic mass is 9.85. The first-order valence-electron chi connectivity index (χ1n) is 13.9. The number of nitrogens with zero attached hydrogens (tertiary/aromatic N) is 2. The first kappa shape index (κ1) is 28.3. The van der Waals surface area contributed by atoms with Crippen LogP contribution >= 0.6 is 0 Å². The van der Waals surface area contributed by atoms with Crippen molar-refractivity contribution in [1.82, 2.24) is 15.1 Å². The second-order valence-electron chi connectivity index (χ2n) is 11.1. The Hall–Kier alpha value is -3.74. The lowest BCUT2D eigenvalue weighted by molar-refractivity contribution is -0.144. The van der Waals surface area contributed by atoms with Crippen LogP contribution in [0.1, 0.15) is 49.8 Å². The molecule has 0 bridgehead atoms. The van der Waals surface area contributed by atoms with Gasteiger partial charge in [0, 0.05) is 32.5 Å². The van der Waals surface area contributed by atoms with Gasteiger partial charge in [-0.05, 0) is 36.8 Å². The number of fused-ring (bicyclic) bond motifs is 1. The molecule has 39 heavy (non-hydrogen) atoms.